The molecule has 0 spiro atoms. The lowest BCUT2D eigenvalue weighted by Gasteiger charge is -2.01. The van der Waals surface area contributed by atoms with Gasteiger partial charge in [0.1, 0.15) is 11.4 Å². The van der Waals surface area contributed by atoms with Crippen molar-refractivity contribution < 1.29 is 4.74 Å². The zero-order chi connectivity index (χ0) is 18.6. The Balaban J connectivity index is 1.33. The van der Waals surface area contributed by atoms with Crippen molar-refractivity contribution in [2.75, 3.05) is 7.11 Å². The van der Waals surface area contributed by atoms with Crippen LogP contribution in [0.25, 0.3) is 5.65 Å². The Labute approximate surface area is 170 Å². The molecule has 0 unspecified atom stereocenters. The van der Waals surface area contributed by atoms with Crippen LogP contribution in [0.5, 0.6) is 5.75 Å². The third kappa shape index (κ3) is 4.63. The van der Waals surface area contributed by atoms with Crippen molar-refractivity contribution in [2.45, 2.75) is 27.1 Å². The van der Waals surface area contributed by atoms with Crippen molar-refractivity contribution in [3.63, 3.8) is 0 Å². The minimum atomic E-state index is 0.790. The van der Waals surface area contributed by atoms with Gasteiger partial charge in [-0.3, -0.25) is 0 Å². The van der Waals surface area contributed by atoms with Crippen LogP contribution < -0.4 is 4.74 Å². The van der Waals surface area contributed by atoms with E-state index in [-0.39, 0.29) is 0 Å². The molecule has 4 aromatic rings. The molecule has 0 saturated heterocycles. The highest BCUT2D eigenvalue weighted by Crippen LogP contribution is 2.32. The lowest BCUT2D eigenvalue weighted by atomic mass is 10.2. The smallest absolute Gasteiger partial charge is 0.175 e. The quantitative estimate of drug-likeness (QED) is 0.393. The van der Waals surface area contributed by atoms with E-state index in [0.29, 0.717) is 0 Å². The third-order valence-electron chi connectivity index (χ3n) is 3.90. The first-order valence-corrected chi connectivity index (χ1v) is 11.1. The molecule has 8 heteroatoms. The normalized spacial score (nSPS) is 11.2. The first-order chi connectivity index (χ1) is 13.2. The molecule has 138 valence electrons. The first-order valence-electron chi connectivity index (χ1n) is 8.36. The fourth-order valence-electron chi connectivity index (χ4n) is 2.54. The number of benzene rings is 1. The minimum absolute atomic E-state index is 0.790. The van der Waals surface area contributed by atoms with Gasteiger partial charge in [0.2, 0.25) is 0 Å². The largest absolute Gasteiger partial charge is 0.497 e. The molecule has 1 aromatic carbocycles. The lowest BCUT2D eigenvalue weighted by molar-refractivity contribution is 0.414. The second-order valence-corrected chi connectivity index (χ2v) is 9.39. The third-order valence-corrected chi connectivity index (χ3v) is 7.20. The van der Waals surface area contributed by atoms with Gasteiger partial charge in [0, 0.05) is 23.9 Å². The van der Waals surface area contributed by atoms with Gasteiger partial charge in [-0.2, -0.15) is 0 Å². The Morgan fingerprint density at radius 2 is 1.70 bits per heavy atom. The van der Waals surface area contributed by atoms with Crippen molar-refractivity contribution in [1.82, 2.24) is 19.6 Å². The van der Waals surface area contributed by atoms with Crippen molar-refractivity contribution >= 4 is 40.5 Å². The van der Waals surface area contributed by atoms with E-state index in [1.807, 2.05) is 18.2 Å². The van der Waals surface area contributed by atoms with Crippen molar-refractivity contribution in [2.24, 2.45) is 0 Å². The molecule has 0 bridgehead atoms. The van der Waals surface area contributed by atoms with E-state index in [2.05, 4.69) is 57.1 Å². The Bertz CT molecular complexity index is 1040. The number of imidazole rings is 1. The summed E-state index contributed by atoms with van der Waals surface area (Å²) in [7, 11) is 1.68. The summed E-state index contributed by atoms with van der Waals surface area (Å²) in [5.41, 5.74) is 4.49. The van der Waals surface area contributed by atoms with E-state index < -0.39 is 0 Å². The Hall–Kier alpha value is -2.03. The average Bonchev–Trinajstić information content (AvgIpc) is 3.31. The molecule has 0 aliphatic rings. The Kier molecular flexibility index (Phi) is 5.66. The molecule has 0 radical (unpaired) electrons. The standard InChI is InChI=1S/C19H18N4OS3/c1-13-3-8-17-20-15(10-23(17)9-13)12-26-19-22-21-18(27-19)25-11-14-4-6-16(24-2)7-5-14/h3-10H,11-12H2,1-2H3. The van der Waals surface area contributed by atoms with Crippen molar-refractivity contribution in [3.05, 3.63) is 65.6 Å². The number of aryl methyl sites for hydroxylation is 1. The van der Waals surface area contributed by atoms with E-state index in [0.717, 1.165) is 37.3 Å². The summed E-state index contributed by atoms with van der Waals surface area (Å²) in [4.78, 5) is 4.65. The van der Waals surface area contributed by atoms with Crippen LogP contribution in [-0.2, 0) is 11.5 Å². The molecule has 0 fully saturated rings. The minimum Gasteiger partial charge on any atom is -0.497 e. The fourth-order valence-corrected chi connectivity index (χ4v) is 5.40. The summed E-state index contributed by atoms with van der Waals surface area (Å²) >= 11 is 5.02. The number of aromatic nitrogens is 4. The molecule has 27 heavy (non-hydrogen) atoms. The van der Waals surface area contributed by atoms with Crippen LogP contribution >= 0.6 is 34.9 Å². The van der Waals surface area contributed by atoms with E-state index in [1.54, 1.807) is 42.0 Å². The topological polar surface area (TPSA) is 52.3 Å². The number of fused-ring (bicyclic) bond motifs is 1. The van der Waals surface area contributed by atoms with Crippen LogP contribution in [0.2, 0.25) is 0 Å². The van der Waals surface area contributed by atoms with Gasteiger partial charge in [0.25, 0.3) is 0 Å². The number of ether oxygens (including phenoxy) is 1. The summed E-state index contributed by atoms with van der Waals surface area (Å²) in [5, 5.41) is 8.59. The number of pyridine rings is 1. The van der Waals surface area contributed by atoms with Gasteiger partial charge < -0.3 is 9.14 Å². The second-order valence-electron chi connectivity index (χ2n) is 5.96. The zero-order valence-electron chi connectivity index (χ0n) is 15.0. The number of nitrogens with zero attached hydrogens (tertiary/aromatic N) is 4. The number of rotatable bonds is 7. The van der Waals surface area contributed by atoms with Gasteiger partial charge in [0.05, 0.1) is 12.8 Å². The van der Waals surface area contributed by atoms with E-state index >= 15 is 0 Å². The molecular formula is C19H18N4OS3. The van der Waals surface area contributed by atoms with E-state index in [1.165, 1.54) is 11.1 Å². The molecule has 0 aliphatic heterocycles. The summed E-state index contributed by atoms with van der Waals surface area (Å²) in [6.07, 6.45) is 4.17. The number of methoxy groups -OCH3 is 1. The number of hydrogen-bond donors (Lipinski definition) is 0. The molecule has 0 N–H and O–H groups in total. The zero-order valence-corrected chi connectivity index (χ0v) is 17.4. The van der Waals surface area contributed by atoms with Gasteiger partial charge >= 0.3 is 0 Å². The summed E-state index contributed by atoms with van der Waals surface area (Å²) in [6, 6.07) is 12.2. The maximum atomic E-state index is 5.19. The van der Waals surface area contributed by atoms with Gasteiger partial charge in [0.15, 0.2) is 8.68 Å². The Morgan fingerprint density at radius 1 is 0.963 bits per heavy atom. The molecular weight excluding hydrogens is 396 g/mol. The van der Waals surface area contributed by atoms with E-state index in [9.17, 15) is 0 Å². The van der Waals surface area contributed by atoms with Gasteiger partial charge in [-0.15, -0.1) is 10.2 Å². The maximum absolute atomic E-state index is 5.19. The van der Waals surface area contributed by atoms with Crippen LogP contribution in [0.15, 0.2) is 57.5 Å². The highest BCUT2D eigenvalue weighted by Gasteiger charge is 2.08. The second kappa shape index (κ2) is 8.33. The molecule has 5 nitrogen and oxygen atoms in total. The van der Waals surface area contributed by atoms with Gasteiger partial charge in [-0.05, 0) is 36.2 Å². The predicted octanol–water partition coefficient (Wildman–Crippen LogP) is 5.09. The summed E-state index contributed by atoms with van der Waals surface area (Å²) in [6.45, 7) is 2.08. The monoisotopic (exact) mass is 414 g/mol. The molecule has 3 heterocycles. The molecule has 0 amide bonds. The van der Waals surface area contributed by atoms with Crippen LogP contribution in [0, 0.1) is 6.92 Å². The van der Waals surface area contributed by atoms with Crippen LogP contribution in [0.1, 0.15) is 16.8 Å². The highest BCUT2D eigenvalue weighted by atomic mass is 32.2. The Morgan fingerprint density at radius 3 is 2.44 bits per heavy atom. The maximum Gasteiger partial charge on any atom is 0.175 e. The average molecular weight is 415 g/mol. The number of thioether (sulfide) groups is 2. The van der Waals surface area contributed by atoms with E-state index in [4.69, 9.17) is 4.74 Å². The highest BCUT2D eigenvalue weighted by molar-refractivity contribution is 8.02. The molecule has 4 rings (SSSR count). The molecule has 0 saturated carbocycles. The van der Waals surface area contributed by atoms with Gasteiger partial charge in [-0.1, -0.05) is 53.1 Å². The predicted molar refractivity (Wildman–Crippen MR) is 112 cm³/mol. The molecule has 0 atom stereocenters. The van der Waals surface area contributed by atoms with Crippen LogP contribution in [-0.4, -0.2) is 26.7 Å². The fraction of sp³-hybridized carbons (Fsp3) is 0.211. The first kappa shape index (κ1) is 18.3. The van der Waals surface area contributed by atoms with Crippen LogP contribution in [0.4, 0.5) is 0 Å². The number of hydrogen-bond acceptors (Lipinski definition) is 7. The SMILES string of the molecule is COc1ccc(CSc2nnc(SCc3cn4cc(C)ccc4n3)s2)cc1. The van der Waals surface area contributed by atoms with Crippen molar-refractivity contribution in [1.29, 1.82) is 0 Å². The lowest BCUT2D eigenvalue weighted by Crippen LogP contribution is -1.84. The molecule has 3 aromatic heterocycles. The molecule has 0 aliphatic carbocycles. The van der Waals surface area contributed by atoms with Gasteiger partial charge in [-0.25, -0.2) is 4.98 Å². The van der Waals surface area contributed by atoms with Crippen LogP contribution in [0.3, 0.4) is 0 Å². The summed E-state index contributed by atoms with van der Waals surface area (Å²) in [5.74, 6) is 2.54. The summed E-state index contributed by atoms with van der Waals surface area (Å²) < 4.78 is 9.22. The van der Waals surface area contributed by atoms with Crippen molar-refractivity contribution in [3.8, 4) is 5.75 Å².